The number of rotatable bonds is 34. The van der Waals surface area contributed by atoms with Gasteiger partial charge < -0.3 is 5.32 Å². The summed E-state index contributed by atoms with van der Waals surface area (Å²) in [7, 11) is 0. The number of nitrogens with one attached hydrogen (secondary N) is 1. The molecule has 0 aliphatic rings. The molecule has 0 aliphatic carbocycles. The molecular weight excluding hydrogens is 498 g/mol. The Morgan fingerprint density at radius 2 is 0.659 bits per heavy atom. The average molecular weight is 576 g/mol. The predicted molar refractivity (Wildman–Crippen MR) is 186 cm³/mol. The molecule has 0 atom stereocenters. The van der Waals surface area contributed by atoms with Crippen LogP contribution in [0.3, 0.4) is 0 Å². The lowest BCUT2D eigenvalue weighted by Crippen LogP contribution is -2.29. The second kappa shape index (κ2) is 33.7. The Bertz CT molecular complexity index is 508. The zero-order chi connectivity index (χ0) is 30.1. The molecule has 0 saturated heterocycles. The van der Waals surface area contributed by atoms with Crippen LogP contribution in [0, 0.1) is 5.92 Å². The number of allylic oxidation sites excluding steroid dienone is 1. The topological polar surface area (TPSA) is 29.1 Å². The fraction of sp³-hybridized carbons (Fsp3) is 0.923. The normalized spacial score (nSPS) is 11.4. The lowest BCUT2D eigenvalue weighted by Gasteiger charge is -2.17. The summed E-state index contributed by atoms with van der Waals surface area (Å²) in [4.78, 5) is 12.7. The lowest BCUT2D eigenvalue weighted by atomic mass is 9.93. The molecule has 2 heteroatoms. The van der Waals surface area contributed by atoms with Crippen LogP contribution in [0.5, 0.6) is 0 Å². The number of amides is 1. The number of unbranched alkanes of at least 4 members (excludes halogenated alkanes) is 28. The highest BCUT2D eigenvalue weighted by molar-refractivity contribution is 5.80. The first kappa shape index (κ1) is 40.2. The molecule has 1 amide bonds. The second-order valence-electron chi connectivity index (χ2n) is 13.4. The molecule has 0 heterocycles. The highest BCUT2D eigenvalue weighted by Crippen LogP contribution is 2.21. The maximum absolute atomic E-state index is 12.7. The molecule has 0 unspecified atom stereocenters. The number of carbonyl (C=O) groups is 1. The minimum Gasteiger partial charge on any atom is -0.330 e. The van der Waals surface area contributed by atoms with E-state index < -0.39 is 0 Å². The Labute approximate surface area is 260 Å². The molecular formula is C39H77NO. The van der Waals surface area contributed by atoms with Crippen molar-refractivity contribution in [1.29, 1.82) is 0 Å². The Hall–Kier alpha value is -0.790. The molecule has 0 bridgehead atoms. The fourth-order valence-electron chi connectivity index (χ4n) is 6.24. The van der Waals surface area contributed by atoms with Crippen molar-refractivity contribution in [3.8, 4) is 0 Å². The van der Waals surface area contributed by atoms with Crippen LogP contribution in [0.25, 0.3) is 0 Å². The summed E-state index contributed by atoms with van der Waals surface area (Å²) in [6.07, 6.45) is 43.8. The van der Waals surface area contributed by atoms with Crippen LogP contribution in [0.2, 0.25) is 0 Å². The maximum atomic E-state index is 12.7. The van der Waals surface area contributed by atoms with E-state index in [4.69, 9.17) is 0 Å². The van der Waals surface area contributed by atoms with Gasteiger partial charge in [0.15, 0.2) is 0 Å². The van der Waals surface area contributed by atoms with Crippen LogP contribution in [-0.4, -0.2) is 5.91 Å². The van der Waals surface area contributed by atoms with Gasteiger partial charge in [-0.1, -0.05) is 213 Å². The van der Waals surface area contributed by atoms with E-state index in [1.165, 1.54) is 193 Å². The Balaban J connectivity index is 3.70. The fourth-order valence-corrected chi connectivity index (χ4v) is 6.24. The summed E-state index contributed by atoms with van der Waals surface area (Å²) in [5.74, 6) is 0.392. The zero-order valence-electron chi connectivity index (χ0n) is 28.8. The van der Waals surface area contributed by atoms with Gasteiger partial charge in [-0.3, -0.25) is 4.79 Å². The molecule has 0 aliphatic heterocycles. The standard InChI is InChI=1S/C39H77NO/c1-5-7-9-11-13-15-17-19-21-23-25-27-29-31-33-35-38(39(41)40-37(3)4)36-34-32-30-28-26-24-22-20-18-16-14-12-10-8-6-2/h38H,3,5-36H2,1-2,4H3,(H,40,41). The summed E-state index contributed by atoms with van der Waals surface area (Å²) in [5, 5.41) is 3.01. The smallest absolute Gasteiger partial charge is 0.227 e. The van der Waals surface area contributed by atoms with Gasteiger partial charge in [-0.25, -0.2) is 0 Å². The largest absolute Gasteiger partial charge is 0.330 e. The first-order valence-electron chi connectivity index (χ1n) is 19.1. The van der Waals surface area contributed by atoms with Gasteiger partial charge in [0, 0.05) is 11.6 Å². The highest BCUT2D eigenvalue weighted by Gasteiger charge is 2.17. The van der Waals surface area contributed by atoms with E-state index in [2.05, 4.69) is 25.7 Å². The van der Waals surface area contributed by atoms with Crippen LogP contribution in [-0.2, 0) is 4.79 Å². The molecule has 41 heavy (non-hydrogen) atoms. The van der Waals surface area contributed by atoms with E-state index in [0.717, 1.165) is 18.5 Å². The molecule has 0 radical (unpaired) electrons. The van der Waals surface area contributed by atoms with Gasteiger partial charge in [0.1, 0.15) is 0 Å². The Morgan fingerprint density at radius 3 is 0.878 bits per heavy atom. The summed E-state index contributed by atoms with van der Waals surface area (Å²) >= 11 is 0. The highest BCUT2D eigenvalue weighted by atomic mass is 16.1. The van der Waals surface area contributed by atoms with Crippen molar-refractivity contribution < 1.29 is 4.79 Å². The molecule has 2 nitrogen and oxygen atoms in total. The van der Waals surface area contributed by atoms with E-state index in [-0.39, 0.29) is 11.8 Å². The molecule has 0 aromatic heterocycles. The second-order valence-corrected chi connectivity index (χ2v) is 13.4. The van der Waals surface area contributed by atoms with Crippen molar-refractivity contribution in [2.75, 3.05) is 0 Å². The van der Waals surface area contributed by atoms with Crippen LogP contribution < -0.4 is 5.32 Å². The van der Waals surface area contributed by atoms with E-state index in [9.17, 15) is 4.79 Å². The van der Waals surface area contributed by atoms with E-state index in [0.29, 0.717) is 0 Å². The first-order valence-corrected chi connectivity index (χ1v) is 19.1. The van der Waals surface area contributed by atoms with E-state index >= 15 is 0 Å². The van der Waals surface area contributed by atoms with Crippen LogP contribution >= 0.6 is 0 Å². The third-order valence-electron chi connectivity index (χ3n) is 9.02. The van der Waals surface area contributed by atoms with Crippen molar-refractivity contribution in [3.05, 3.63) is 12.3 Å². The van der Waals surface area contributed by atoms with Crippen molar-refractivity contribution in [1.82, 2.24) is 5.32 Å². The van der Waals surface area contributed by atoms with Crippen LogP contribution in [0.4, 0.5) is 0 Å². The SMILES string of the molecule is C=C(C)NC(=O)C(CCCCCCCCCCCCCCCCC)CCCCCCCCCCCCCCCCC. The molecule has 0 rings (SSSR count). The summed E-state index contributed by atoms with van der Waals surface area (Å²) in [6.45, 7) is 10.4. The first-order chi connectivity index (χ1) is 20.1. The number of carbonyl (C=O) groups excluding carboxylic acids is 1. The summed E-state index contributed by atoms with van der Waals surface area (Å²) in [5.41, 5.74) is 0.785. The maximum Gasteiger partial charge on any atom is 0.227 e. The van der Waals surface area contributed by atoms with Crippen molar-refractivity contribution >= 4 is 5.91 Å². The third kappa shape index (κ3) is 32.0. The van der Waals surface area contributed by atoms with Gasteiger partial charge in [-0.05, 0) is 19.8 Å². The van der Waals surface area contributed by atoms with Crippen molar-refractivity contribution in [3.63, 3.8) is 0 Å². The Morgan fingerprint density at radius 1 is 0.439 bits per heavy atom. The molecule has 0 aromatic carbocycles. The number of hydrogen-bond donors (Lipinski definition) is 1. The van der Waals surface area contributed by atoms with Gasteiger partial charge >= 0.3 is 0 Å². The van der Waals surface area contributed by atoms with E-state index in [1.807, 2.05) is 6.92 Å². The third-order valence-corrected chi connectivity index (χ3v) is 9.02. The average Bonchev–Trinajstić information content (AvgIpc) is 2.95. The molecule has 244 valence electrons. The quantitative estimate of drug-likeness (QED) is 0.0759. The van der Waals surface area contributed by atoms with Gasteiger partial charge in [-0.15, -0.1) is 0 Å². The van der Waals surface area contributed by atoms with E-state index in [1.54, 1.807) is 0 Å². The van der Waals surface area contributed by atoms with Gasteiger partial charge in [0.05, 0.1) is 0 Å². The minimum absolute atomic E-state index is 0.177. The summed E-state index contributed by atoms with van der Waals surface area (Å²) < 4.78 is 0. The zero-order valence-corrected chi connectivity index (χ0v) is 28.8. The van der Waals surface area contributed by atoms with Gasteiger partial charge in [0.2, 0.25) is 5.91 Å². The van der Waals surface area contributed by atoms with Crippen LogP contribution in [0.15, 0.2) is 12.3 Å². The monoisotopic (exact) mass is 576 g/mol. The molecule has 1 N–H and O–H groups in total. The van der Waals surface area contributed by atoms with Gasteiger partial charge in [-0.2, -0.15) is 0 Å². The number of hydrogen-bond acceptors (Lipinski definition) is 1. The van der Waals surface area contributed by atoms with Crippen molar-refractivity contribution in [2.45, 2.75) is 226 Å². The molecule has 0 saturated carbocycles. The minimum atomic E-state index is 0.177. The van der Waals surface area contributed by atoms with Gasteiger partial charge in [0.25, 0.3) is 0 Å². The Kier molecular flexibility index (Phi) is 33.1. The van der Waals surface area contributed by atoms with Crippen molar-refractivity contribution in [2.24, 2.45) is 5.92 Å². The molecule has 0 aromatic rings. The predicted octanol–water partition coefficient (Wildman–Crippen LogP) is 13.8. The lowest BCUT2D eigenvalue weighted by molar-refractivity contribution is -0.124. The molecule has 0 spiro atoms. The summed E-state index contributed by atoms with van der Waals surface area (Å²) in [6, 6.07) is 0. The molecule has 0 fully saturated rings. The van der Waals surface area contributed by atoms with Crippen LogP contribution in [0.1, 0.15) is 226 Å².